The number of methoxy groups -OCH3 is 1. The highest BCUT2D eigenvalue weighted by Gasteiger charge is 2.15. The number of nitro groups is 1. The topological polar surface area (TPSA) is 78.4 Å². The van der Waals surface area contributed by atoms with Gasteiger partial charge in [-0.15, -0.1) is 0 Å². The van der Waals surface area contributed by atoms with Crippen LogP contribution in [0.4, 0.5) is 5.69 Å². The van der Waals surface area contributed by atoms with Crippen molar-refractivity contribution in [1.29, 1.82) is 0 Å². The maximum Gasteiger partial charge on any atom is 0.274 e. The summed E-state index contributed by atoms with van der Waals surface area (Å²) < 4.78 is 4.91. The van der Waals surface area contributed by atoms with Crippen LogP contribution in [-0.4, -0.2) is 24.7 Å². The molecule has 0 spiro atoms. The predicted octanol–water partition coefficient (Wildman–Crippen LogP) is 2.15. The second kappa shape index (κ2) is 6.54. The summed E-state index contributed by atoms with van der Waals surface area (Å²) in [5.74, 6) is 0. The van der Waals surface area contributed by atoms with E-state index >= 15 is 0 Å². The standard InChI is InChI=1S/C11H15ClN2O3/c1-17-7-10(13)5-3-8-2-4-9(12)6-11(8)14(15)16/h2,4,6,10H,3,5,7,13H2,1H3. The van der Waals surface area contributed by atoms with Crippen LogP contribution in [0.25, 0.3) is 0 Å². The van der Waals surface area contributed by atoms with Crippen molar-refractivity contribution in [2.45, 2.75) is 18.9 Å². The van der Waals surface area contributed by atoms with E-state index in [1.54, 1.807) is 19.2 Å². The van der Waals surface area contributed by atoms with Gasteiger partial charge in [0, 0.05) is 29.8 Å². The SMILES string of the molecule is COCC(N)CCc1ccc(Cl)cc1[N+](=O)[O-]. The first-order valence-corrected chi connectivity index (χ1v) is 5.59. The molecule has 1 aromatic rings. The number of hydrogen-bond donors (Lipinski definition) is 1. The molecule has 0 aliphatic heterocycles. The molecule has 1 unspecified atom stereocenters. The molecule has 0 aromatic heterocycles. The monoisotopic (exact) mass is 258 g/mol. The zero-order valence-corrected chi connectivity index (χ0v) is 10.3. The Balaban J connectivity index is 2.73. The van der Waals surface area contributed by atoms with E-state index in [0.29, 0.717) is 30.0 Å². The lowest BCUT2D eigenvalue weighted by atomic mass is 10.0. The molecular weight excluding hydrogens is 244 g/mol. The fourth-order valence-electron chi connectivity index (χ4n) is 1.56. The zero-order valence-electron chi connectivity index (χ0n) is 9.56. The molecule has 0 saturated heterocycles. The van der Waals surface area contributed by atoms with E-state index in [0.717, 1.165) is 0 Å². The minimum absolute atomic E-state index is 0.0436. The fraction of sp³-hybridized carbons (Fsp3) is 0.455. The van der Waals surface area contributed by atoms with Gasteiger partial charge in [0.05, 0.1) is 11.5 Å². The van der Waals surface area contributed by atoms with E-state index in [1.165, 1.54) is 6.07 Å². The van der Waals surface area contributed by atoms with E-state index < -0.39 is 4.92 Å². The molecule has 0 heterocycles. The molecule has 2 N–H and O–H groups in total. The van der Waals surface area contributed by atoms with Crippen molar-refractivity contribution in [3.8, 4) is 0 Å². The van der Waals surface area contributed by atoms with Gasteiger partial charge >= 0.3 is 0 Å². The summed E-state index contributed by atoms with van der Waals surface area (Å²) in [6, 6.07) is 4.56. The maximum absolute atomic E-state index is 10.8. The maximum atomic E-state index is 10.8. The van der Waals surface area contributed by atoms with E-state index in [1.807, 2.05) is 0 Å². The Morgan fingerprint density at radius 3 is 2.88 bits per heavy atom. The lowest BCUT2D eigenvalue weighted by Crippen LogP contribution is -2.26. The first kappa shape index (κ1) is 13.9. The van der Waals surface area contributed by atoms with Crippen LogP contribution in [0.3, 0.4) is 0 Å². The van der Waals surface area contributed by atoms with Crippen LogP contribution < -0.4 is 5.73 Å². The van der Waals surface area contributed by atoms with Crippen molar-refractivity contribution in [3.05, 3.63) is 38.9 Å². The second-order valence-corrected chi connectivity index (χ2v) is 4.22. The Kier molecular flexibility index (Phi) is 5.34. The molecule has 6 heteroatoms. The third kappa shape index (κ3) is 4.30. The van der Waals surface area contributed by atoms with Crippen LogP contribution in [0.5, 0.6) is 0 Å². The van der Waals surface area contributed by atoms with Crippen LogP contribution in [0, 0.1) is 10.1 Å². The number of nitrogens with two attached hydrogens (primary N) is 1. The zero-order chi connectivity index (χ0) is 12.8. The highest BCUT2D eigenvalue weighted by Crippen LogP contribution is 2.24. The van der Waals surface area contributed by atoms with E-state index in [2.05, 4.69) is 0 Å². The summed E-state index contributed by atoms with van der Waals surface area (Å²) in [5, 5.41) is 11.2. The number of hydrogen-bond acceptors (Lipinski definition) is 4. The molecule has 0 aliphatic rings. The molecule has 0 saturated carbocycles. The molecule has 0 radical (unpaired) electrons. The van der Waals surface area contributed by atoms with Gasteiger partial charge < -0.3 is 10.5 Å². The van der Waals surface area contributed by atoms with Crippen LogP contribution in [-0.2, 0) is 11.2 Å². The molecule has 0 bridgehead atoms. The van der Waals surface area contributed by atoms with Crippen molar-refractivity contribution < 1.29 is 9.66 Å². The molecule has 0 aliphatic carbocycles. The van der Waals surface area contributed by atoms with Gasteiger partial charge in [0.25, 0.3) is 5.69 Å². The van der Waals surface area contributed by atoms with Crippen molar-refractivity contribution in [3.63, 3.8) is 0 Å². The summed E-state index contributed by atoms with van der Waals surface area (Å²) in [6.45, 7) is 0.446. The van der Waals surface area contributed by atoms with Gasteiger partial charge in [0.2, 0.25) is 0 Å². The van der Waals surface area contributed by atoms with Crippen LogP contribution in [0.15, 0.2) is 18.2 Å². The van der Waals surface area contributed by atoms with Gasteiger partial charge in [-0.25, -0.2) is 0 Å². The third-order valence-electron chi connectivity index (χ3n) is 2.41. The molecule has 1 atom stereocenters. The molecule has 0 amide bonds. The third-order valence-corrected chi connectivity index (χ3v) is 2.64. The van der Waals surface area contributed by atoms with Gasteiger partial charge in [-0.3, -0.25) is 10.1 Å². The number of ether oxygens (including phenoxy) is 1. The minimum Gasteiger partial charge on any atom is -0.383 e. The molecule has 1 rings (SSSR count). The van der Waals surface area contributed by atoms with E-state index in [4.69, 9.17) is 22.1 Å². The molecule has 94 valence electrons. The number of rotatable bonds is 6. The van der Waals surface area contributed by atoms with Crippen molar-refractivity contribution in [2.24, 2.45) is 5.73 Å². The summed E-state index contributed by atoms with van der Waals surface area (Å²) in [7, 11) is 1.57. The summed E-state index contributed by atoms with van der Waals surface area (Å²) >= 11 is 5.72. The summed E-state index contributed by atoms with van der Waals surface area (Å²) in [6.07, 6.45) is 1.17. The fourth-order valence-corrected chi connectivity index (χ4v) is 1.72. The van der Waals surface area contributed by atoms with Crippen molar-refractivity contribution in [2.75, 3.05) is 13.7 Å². The highest BCUT2D eigenvalue weighted by atomic mass is 35.5. The molecular formula is C11H15ClN2O3. The highest BCUT2D eigenvalue weighted by molar-refractivity contribution is 6.30. The molecule has 0 fully saturated rings. The number of benzene rings is 1. The lowest BCUT2D eigenvalue weighted by molar-refractivity contribution is -0.385. The quantitative estimate of drug-likeness (QED) is 0.626. The summed E-state index contributed by atoms with van der Waals surface area (Å²) in [5.41, 5.74) is 6.46. The van der Waals surface area contributed by atoms with Crippen LogP contribution in [0.2, 0.25) is 5.02 Å². The average molecular weight is 259 g/mol. The summed E-state index contributed by atoms with van der Waals surface area (Å²) in [4.78, 5) is 10.4. The Labute approximate surface area is 105 Å². The predicted molar refractivity (Wildman–Crippen MR) is 66.3 cm³/mol. The van der Waals surface area contributed by atoms with E-state index in [-0.39, 0.29) is 11.7 Å². The normalized spacial score (nSPS) is 12.4. The minimum atomic E-state index is -0.428. The molecule has 1 aromatic carbocycles. The van der Waals surface area contributed by atoms with Gasteiger partial charge in [-0.1, -0.05) is 17.7 Å². The largest absolute Gasteiger partial charge is 0.383 e. The van der Waals surface area contributed by atoms with Crippen molar-refractivity contribution >= 4 is 17.3 Å². The Bertz CT molecular complexity index is 398. The number of halogens is 1. The van der Waals surface area contributed by atoms with Gasteiger partial charge in [-0.05, 0) is 18.9 Å². The van der Waals surface area contributed by atoms with Crippen LogP contribution in [0.1, 0.15) is 12.0 Å². The molecule has 5 nitrogen and oxygen atoms in total. The number of nitro benzene ring substituents is 1. The first-order chi connectivity index (χ1) is 8.04. The second-order valence-electron chi connectivity index (χ2n) is 3.78. The smallest absolute Gasteiger partial charge is 0.274 e. The first-order valence-electron chi connectivity index (χ1n) is 5.22. The van der Waals surface area contributed by atoms with Crippen LogP contribution >= 0.6 is 11.6 Å². The van der Waals surface area contributed by atoms with E-state index in [9.17, 15) is 10.1 Å². The Morgan fingerprint density at radius 1 is 1.59 bits per heavy atom. The lowest BCUT2D eigenvalue weighted by Gasteiger charge is -2.10. The number of nitrogens with zero attached hydrogens (tertiary/aromatic N) is 1. The van der Waals surface area contributed by atoms with Gasteiger partial charge in [0.15, 0.2) is 0 Å². The average Bonchev–Trinajstić information content (AvgIpc) is 2.27. The number of aryl methyl sites for hydroxylation is 1. The van der Waals surface area contributed by atoms with Crippen molar-refractivity contribution in [1.82, 2.24) is 0 Å². The van der Waals surface area contributed by atoms with Gasteiger partial charge in [0.1, 0.15) is 0 Å². The van der Waals surface area contributed by atoms with Gasteiger partial charge in [-0.2, -0.15) is 0 Å². The Morgan fingerprint density at radius 2 is 2.29 bits per heavy atom. The molecule has 17 heavy (non-hydrogen) atoms. The Hall–Kier alpha value is -1.17.